The van der Waals surface area contributed by atoms with Crippen molar-refractivity contribution in [1.29, 1.82) is 0 Å². The second-order valence-electron chi connectivity index (χ2n) is 6.27. The lowest BCUT2D eigenvalue weighted by Gasteiger charge is -2.36. The molecular weight excluding hydrogens is 337 g/mol. The Morgan fingerprint density at radius 2 is 1.73 bits per heavy atom. The molecule has 0 spiro atoms. The number of rotatable bonds is 4. The monoisotopic (exact) mass is 357 g/mol. The number of benzene rings is 2. The normalized spacial score (nSPS) is 15.9. The Hall–Kier alpha value is -2.96. The molecule has 0 aliphatic carbocycles. The maximum atomic E-state index is 13.0. The molecule has 0 atom stereocenters. The summed E-state index contributed by atoms with van der Waals surface area (Å²) < 4.78 is 23.6. The Morgan fingerprint density at radius 3 is 2.50 bits per heavy atom. The van der Waals surface area contributed by atoms with Crippen LogP contribution in [0.3, 0.4) is 0 Å². The largest absolute Gasteiger partial charge is 0.454 e. The van der Waals surface area contributed by atoms with Crippen LogP contribution in [0.15, 0.2) is 42.5 Å². The third kappa shape index (κ3) is 3.51. The SMILES string of the molecule is O=C(CNc1ccc2c(c1)OCO2)N1CCN(c2ccc(F)cc2)CC1. The van der Waals surface area contributed by atoms with Crippen LogP contribution in [0.1, 0.15) is 0 Å². The van der Waals surface area contributed by atoms with Crippen molar-refractivity contribution in [3.8, 4) is 11.5 Å². The van der Waals surface area contributed by atoms with E-state index in [1.165, 1.54) is 12.1 Å². The number of carbonyl (C=O) groups excluding carboxylic acids is 1. The van der Waals surface area contributed by atoms with E-state index in [-0.39, 0.29) is 25.1 Å². The van der Waals surface area contributed by atoms with Gasteiger partial charge < -0.3 is 24.6 Å². The van der Waals surface area contributed by atoms with Gasteiger partial charge in [0.15, 0.2) is 11.5 Å². The zero-order chi connectivity index (χ0) is 17.9. The van der Waals surface area contributed by atoms with Crippen LogP contribution in [0.2, 0.25) is 0 Å². The number of amides is 1. The molecule has 2 aromatic rings. The van der Waals surface area contributed by atoms with Gasteiger partial charge in [-0.25, -0.2) is 4.39 Å². The van der Waals surface area contributed by atoms with Crippen LogP contribution >= 0.6 is 0 Å². The first-order valence-electron chi connectivity index (χ1n) is 8.61. The lowest BCUT2D eigenvalue weighted by atomic mass is 10.2. The van der Waals surface area contributed by atoms with E-state index in [0.717, 1.165) is 30.2 Å². The van der Waals surface area contributed by atoms with Gasteiger partial charge in [-0.3, -0.25) is 4.79 Å². The smallest absolute Gasteiger partial charge is 0.241 e. The fourth-order valence-electron chi connectivity index (χ4n) is 3.16. The Balaban J connectivity index is 1.27. The van der Waals surface area contributed by atoms with Crippen molar-refractivity contribution in [3.63, 3.8) is 0 Å². The predicted octanol–water partition coefficient (Wildman–Crippen LogP) is 2.32. The average molecular weight is 357 g/mol. The summed E-state index contributed by atoms with van der Waals surface area (Å²) in [5.74, 6) is 1.23. The molecule has 6 nitrogen and oxygen atoms in total. The number of piperazine rings is 1. The van der Waals surface area contributed by atoms with Crippen molar-refractivity contribution in [2.24, 2.45) is 0 Å². The number of ether oxygens (including phenoxy) is 2. The zero-order valence-electron chi connectivity index (χ0n) is 14.3. The lowest BCUT2D eigenvalue weighted by Crippen LogP contribution is -2.50. The van der Waals surface area contributed by atoms with Crippen LogP contribution in [0.4, 0.5) is 15.8 Å². The van der Waals surface area contributed by atoms with Gasteiger partial charge in [-0.2, -0.15) is 0 Å². The van der Waals surface area contributed by atoms with Crippen LogP contribution in [0, 0.1) is 5.82 Å². The topological polar surface area (TPSA) is 54.0 Å². The molecular formula is C19H20FN3O3. The van der Waals surface area contributed by atoms with Gasteiger partial charge in [-0.05, 0) is 36.4 Å². The molecule has 0 aromatic heterocycles. The van der Waals surface area contributed by atoms with E-state index in [1.54, 1.807) is 12.1 Å². The molecule has 1 N–H and O–H groups in total. The standard InChI is InChI=1S/C19H20FN3O3/c20-14-1-4-16(5-2-14)22-7-9-23(10-8-22)19(24)12-21-15-3-6-17-18(11-15)26-13-25-17/h1-6,11,21H,7-10,12-13H2. The number of carbonyl (C=O) groups is 1. The third-order valence-electron chi connectivity index (χ3n) is 4.64. The maximum absolute atomic E-state index is 13.0. The van der Waals surface area contributed by atoms with Crippen molar-refractivity contribution in [2.45, 2.75) is 0 Å². The van der Waals surface area contributed by atoms with Gasteiger partial charge in [-0.15, -0.1) is 0 Å². The highest BCUT2D eigenvalue weighted by molar-refractivity contribution is 5.81. The molecule has 2 aromatic carbocycles. The van der Waals surface area contributed by atoms with Crippen molar-refractivity contribution in [2.75, 3.05) is 49.7 Å². The average Bonchev–Trinajstić information content (AvgIpc) is 3.15. The minimum atomic E-state index is -0.239. The Kier molecular flexibility index (Phi) is 4.51. The number of nitrogens with one attached hydrogen (secondary N) is 1. The molecule has 136 valence electrons. The second-order valence-corrected chi connectivity index (χ2v) is 6.27. The zero-order valence-corrected chi connectivity index (χ0v) is 14.3. The minimum absolute atomic E-state index is 0.0569. The summed E-state index contributed by atoms with van der Waals surface area (Å²) in [4.78, 5) is 16.4. The first-order chi connectivity index (χ1) is 12.7. The van der Waals surface area contributed by atoms with Crippen LogP contribution < -0.4 is 19.7 Å². The molecule has 4 rings (SSSR count). The number of hydrogen-bond acceptors (Lipinski definition) is 5. The van der Waals surface area contributed by atoms with Gasteiger partial charge in [-0.1, -0.05) is 0 Å². The fraction of sp³-hybridized carbons (Fsp3) is 0.316. The molecule has 0 bridgehead atoms. The molecule has 2 aliphatic heterocycles. The van der Waals surface area contributed by atoms with E-state index >= 15 is 0 Å². The van der Waals surface area contributed by atoms with E-state index < -0.39 is 0 Å². The van der Waals surface area contributed by atoms with Crippen molar-refractivity contribution in [1.82, 2.24) is 4.90 Å². The summed E-state index contributed by atoms with van der Waals surface area (Å²) in [7, 11) is 0. The highest BCUT2D eigenvalue weighted by Gasteiger charge is 2.21. The lowest BCUT2D eigenvalue weighted by molar-refractivity contribution is -0.129. The van der Waals surface area contributed by atoms with Gasteiger partial charge >= 0.3 is 0 Å². The summed E-state index contributed by atoms with van der Waals surface area (Å²) in [6, 6.07) is 12.0. The maximum Gasteiger partial charge on any atom is 0.241 e. The summed E-state index contributed by atoms with van der Waals surface area (Å²) in [5, 5.41) is 3.14. The summed E-state index contributed by atoms with van der Waals surface area (Å²) in [5.41, 5.74) is 1.81. The molecule has 2 heterocycles. The van der Waals surface area contributed by atoms with Gasteiger partial charge in [0.2, 0.25) is 12.7 Å². The van der Waals surface area contributed by atoms with Gasteiger partial charge in [0.05, 0.1) is 6.54 Å². The van der Waals surface area contributed by atoms with E-state index in [2.05, 4.69) is 10.2 Å². The molecule has 0 saturated carbocycles. The quantitative estimate of drug-likeness (QED) is 0.910. The van der Waals surface area contributed by atoms with E-state index in [0.29, 0.717) is 18.8 Å². The van der Waals surface area contributed by atoms with Crippen molar-refractivity contribution in [3.05, 3.63) is 48.3 Å². The molecule has 1 saturated heterocycles. The van der Waals surface area contributed by atoms with Gasteiger partial charge in [0.25, 0.3) is 0 Å². The van der Waals surface area contributed by atoms with Crippen LogP contribution in [-0.2, 0) is 4.79 Å². The minimum Gasteiger partial charge on any atom is -0.454 e. The van der Waals surface area contributed by atoms with Gasteiger partial charge in [0.1, 0.15) is 5.82 Å². The Labute approximate surface area is 151 Å². The van der Waals surface area contributed by atoms with Crippen LogP contribution in [-0.4, -0.2) is 50.3 Å². The first kappa shape index (κ1) is 16.5. The van der Waals surface area contributed by atoms with E-state index in [4.69, 9.17) is 9.47 Å². The van der Waals surface area contributed by atoms with Gasteiger partial charge in [0, 0.05) is 43.6 Å². The number of nitrogens with zero attached hydrogens (tertiary/aromatic N) is 2. The summed E-state index contributed by atoms with van der Waals surface area (Å²) >= 11 is 0. The molecule has 1 amide bonds. The number of halogens is 1. The highest BCUT2D eigenvalue weighted by atomic mass is 19.1. The van der Waals surface area contributed by atoms with E-state index in [9.17, 15) is 9.18 Å². The Morgan fingerprint density at radius 1 is 1.00 bits per heavy atom. The highest BCUT2D eigenvalue weighted by Crippen LogP contribution is 2.34. The summed E-state index contributed by atoms with van der Waals surface area (Å²) in [6.07, 6.45) is 0. The molecule has 1 fully saturated rings. The number of hydrogen-bond donors (Lipinski definition) is 1. The second kappa shape index (κ2) is 7.11. The molecule has 0 unspecified atom stereocenters. The molecule has 26 heavy (non-hydrogen) atoms. The molecule has 0 radical (unpaired) electrons. The molecule has 2 aliphatic rings. The number of anilines is 2. The predicted molar refractivity (Wildman–Crippen MR) is 96.2 cm³/mol. The third-order valence-corrected chi connectivity index (χ3v) is 4.64. The van der Waals surface area contributed by atoms with E-state index in [1.807, 2.05) is 23.1 Å². The van der Waals surface area contributed by atoms with Crippen molar-refractivity contribution >= 4 is 17.3 Å². The molecule has 7 heteroatoms. The van der Waals surface area contributed by atoms with Crippen LogP contribution in [0.25, 0.3) is 0 Å². The first-order valence-corrected chi connectivity index (χ1v) is 8.61. The Bertz CT molecular complexity index is 789. The van der Waals surface area contributed by atoms with Crippen molar-refractivity contribution < 1.29 is 18.7 Å². The summed E-state index contributed by atoms with van der Waals surface area (Å²) in [6.45, 7) is 3.24. The fourth-order valence-corrected chi connectivity index (χ4v) is 3.16. The number of fused-ring (bicyclic) bond motifs is 1. The van der Waals surface area contributed by atoms with Crippen LogP contribution in [0.5, 0.6) is 11.5 Å².